The van der Waals surface area contributed by atoms with Crippen molar-refractivity contribution in [3.63, 3.8) is 0 Å². The first-order valence-corrected chi connectivity index (χ1v) is 7.48. The Kier molecular flexibility index (Phi) is 4.05. The lowest BCUT2D eigenvalue weighted by Crippen LogP contribution is -2.34. The Morgan fingerprint density at radius 1 is 1.25 bits per heavy atom. The van der Waals surface area contributed by atoms with Crippen LogP contribution in [0.1, 0.15) is 19.3 Å². The van der Waals surface area contributed by atoms with Crippen molar-refractivity contribution in [2.75, 3.05) is 0 Å². The maximum absolute atomic E-state index is 13.5. The second-order valence-electron chi connectivity index (χ2n) is 4.72. The van der Waals surface area contributed by atoms with Gasteiger partial charge in [-0.1, -0.05) is 6.07 Å². The van der Waals surface area contributed by atoms with Gasteiger partial charge in [-0.25, -0.2) is 21.9 Å². The summed E-state index contributed by atoms with van der Waals surface area (Å²) in [5.41, 5.74) is 0. The summed E-state index contributed by atoms with van der Waals surface area (Å²) >= 11 is 0. The van der Waals surface area contributed by atoms with E-state index in [-0.39, 0.29) is 6.42 Å². The number of carbonyl (C=O) groups is 1. The van der Waals surface area contributed by atoms with E-state index in [0.717, 1.165) is 18.2 Å². The molecule has 0 aromatic heterocycles. The molecule has 1 fully saturated rings. The molecule has 0 spiro atoms. The highest BCUT2D eigenvalue weighted by Crippen LogP contribution is 2.27. The predicted octanol–water partition coefficient (Wildman–Crippen LogP) is 1.50. The Hall–Kier alpha value is -1.54. The molecular formula is C12H13F2NO4S. The normalized spacial score (nSPS) is 22.9. The standard InChI is InChI=1S/C12H13F2NO4S/c13-9-2-1-3-10(14)11(9)20(18,19)15-8-5-4-7(6-8)12(16)17/h1-3,7-8,15H,4-6H2,(H,16,17). The largest absolute Gasteiger partial charge is 0.481 e. The average molecular weight is 305 g/mol. The van der Waals surface area contributed by atoms with Crippen LogP contribution in [0.25, 0.3) is 0 Å². The SMILES string of the molecule is O=C(O)C1CCC(NS(=O)(=O)c2c(F)cccc2F)C1. The average Bonchev–Trinajstić information content (AvgIpc) is 2.76. The molecule has 1 saturated carbocycles. The van der Waals surface area contributed by atoms with Crippen LogP contribution in [0, 0.1) is 17.6 Å². The molecule has 2 rings (SSSR count). The van der Waals surface area contributed by atoms with Crippen LogP contribution in [0.2, 0.25) is 0 Å². The van der Waals surface area contributed by atoms with Gasteiger partial charge >= 0.3 is 5.97 Å². The number of halogens is 2. The molecule has 0 bridgehead atoms. The monoisotopic (exact) mass is 305 g/mol. The lowest BCUT2D eigenvalue weighted by Gasteiger charge is -2.13. The lowest BCUT2D eigenvalue weighted by atomic mass is 10.1. The Labute approximate surface area is 114 Å². The van der Waals surface area contributed by atoms with Gasteiger partial charge in [-0.05, 0) is 31.4 Å². The fourth-order valence-electron chi connectivity index (χ4n) is 2.33. The van der Waals surface area contributed by atoms with Gasteiger partial charge in [-0.3, -0.25) is 4.79 Å². The molecule has 1 aliphatic rings. The van der Waals surface area contributed by atoms with E-state index in [1.165, 1.54) is 0 Å². The summed E-state index contributed by atoms with van der Waals surface area (Å²) in [7, 11) is -4.35. The van der Waals surface area contributed by atoms with Crippen LogP contribution in [-0.2, 0) is 14.8 Å². The van der Waals surface area contributed by atoms with E-state index in [1.54, 1.807) is 0 Å². The van der Waals surface area contributed by atoms with Crippen molar-refractivity contribution in [2.45, 2.75) is 30.2 Å². The van der Waals surface area contributed by atoms with Gasteiger partial charge in [-0.15, -0.1) is 0 Å². The summed E-state index contributed by atoms with van der Waals surface area (Å²) in [4.78, 5) is 9.76. The zero-order valence-corrected chi connectivity index (χ0v) is 11.2. The summed E-state index contributed by atoms with van der Waals surface area (Å²) in [6.45, 7) is 0. The molecule has 1 aromatic carbocycles. The molecule has 1 aliphatic carbocycles. The fourth-order valence-corrected chi connectivity index (χ4v) is 3.75. The molecule has 5 nitrogen and oxygen atoms in total. The van der Waals surface area contributed by atoms with E-state index in [2.05, 4.69) is 4.72 Å². The Balaban J connectivity index is 2.19. The third-order valence-corrected chi connectivity index (χ3v) is 4.86. The molecule has 0 radical (unpaired) electrons. The van der Waals surface area contributed by atoms with E-state index in [4.69, 9.17) is 5.11 Å². The molecule has 2 unspecified atom stereocenters. The molecule has 0 heterocycles. The molecule has 110 valence electrons. The number of hydrogen-bond donors (Lipinski definition) is 2. The molecule has 20 heavy (non-hydrogen) atoms. The number of rotatable bonds is 4. The van der Waals surface area contributed by atoms with Crippen molar-refractivity contribution in [1.82, 2.24) is 4.72 Å². The summed E-state index contributed by atoms with van der Waals surface area (Å²) < 4.78 is 53.0. The van der Waals surface area contributed by atoms with Gasteiger partial charge in [0.25, 0.3) is 0 Å². The number of carboxylic acid groups (broad SMARTS) is 1. The first-order chi connectivity index (χ1) is 9.31. The lowest BCUT2D eigenvalue weighted by molar-refractivity contribution is -0.141. The number of sulfonamides is 1. The van der Waals surface area contributed by atoms with E-state index in [1.807, 2.05) is 0 Å². The summed E-state index contributed by atoms with van der Waals surface area (Å²) in [5.74, 6) is -3.98. The minimum atomic E-state index is -4.35. The van der Waals surface area contributed by atoms with E-state index in [0.29, 0.717) is 12.8 Å². The van der Waals surface area contributed by atoms with Crippen molar-refractivity contribution >= 4 is 16.0 Å². The minimum absolute atomic E-state index is 0.116. The highest BCUT2D eigenvalue weighted by atomic mass is 32.2. The van der Waals surface area contributed by atoms with Gasteiger partial charge in [0.1, 0.15) is 11.6 Å². The number of nitrogens with one attached hydrogen (secondary N) is 1. The first kappa shape index (κ1) is 14.9. The van der Waals surface area contributed by atoms with Gasteiger partial charge < -0.3 is 5.11 Å². The summed E-state index contributed by atoms with van der Waals surface area (Å²) in [6.07, 6.45) is 0.777. The molecule has 2 N–H and O–H groups in total. The Bertz CT molecular complexity index is 612. The van der Waals surface area contributed by atoms with Crippen LogP contribution < -0.4 is 4.72 Å². The zero-order valence-electron chi connectivity index (χ0n) is 10.3. The van der Waals surface area contributed by atoms with Crippen molar-refractivity contribution in [3.05, 3.63) is 29.8 Å². The quantitative estimate of drug-likeness (QED) is 0.883. The zero-order chi connectivity index (χ0) is 14.9. The van der Waals surface area contributed by atoms with Crippen molar-refractivity contribution in [3.8, 4) is 0 Å². The topological polar surface area (TPSA) is 83.5 Å². The van der Waals surface area contributed by atoms with Gasteiger partial charge in [0.15, 0.2) is 4.90 Å². The Morgan fingerprint density at radius 2 is 1.85 bits per heavy atom. The molecular weight excluding hydrogens is 292 g/mol. The maximum Gasteiger partial charge on any atom is 0.306 e. The van der Waals surface area contributed by atoms with Crippen LogP contribution >= 0.6 is 0 Å². The molecule has 2 atom stereocenters. The minimum Gasteiger partial charge on any atom is -0.481 e. The fraction of sp³-hybridized carbons (Fsp3) is 0.417. The summed E-state index contributed by atoms with van der Waals surface area (Å²) in [5, 5.41) is 8.84. The van der Waals surface area contributed by atoms with Crippen molar-refractivity contribution < 1.29 is 27.1 Å². The first-order valence-electron chi connectivity index (χ1n) is 6.00. The highest BCUT2D eigenvalue weighted by Gasteiger charge is 2.34. The smallest absolute Gasteiger partial charge is 0.306 e. The van der Waals surface area contributed by atoms with Crippen LogP contribution in [0.15, 0.2) is 23.1 Å². The van der Waals surface area contributed by atoms with E-state index >= 15 is 0 Å². The van der Waals surface area contributed by atoms with Crippen LogP contribution in [0.5, 0.6) is 0 Å². The van der Waals surface area contributed by atoms with E-state index in [9.17, 15) is 22.0 Å². The third-order valence-electron chi connectivity index (χ3n) is 3.29. The number of aliphatic carboxylic acids is 1. The van der Waals surface area contributed by atoms with Gasteiger partial charge in [0.2, 0.25) is 10.0 Å². The van der Waals surface area contributed by atoms with E-state index < -0.39 is 44.5 Å². The highest BCUT2D eigenvalue weighted by molar-refractivity contribution is 7.89. The van der Waals surface area contributed by atoms with Crippen LogP contribution in [-0.4, -0.2) is 25.5 Å². The van der Waals surface area contributed by atoms with Crippen LogP contribution in [0.4, 0.5) is 8.78 Å². The predicted molar refractivity (Wildman–Crippen MR) is 65.4 cm³/mol. The second-order valence-corrected chi connectivity index (χ2v) is 6.37. The summed E-state index contributed by atoms with van der Waals surface area (Å²) in [6, 6.07) is 2.15. The van der Waals surface area contributed by atoms with Crippen molar-refractivity contribution in [2.24, 2.45) is 5.92 Å². The molecule has 0 aliphatic heterocycles. The second kappa shape index (κ2) is 5.45. The van der Waals surface area contributed by atoms with Gasteiger partial charge in [0.05, 0.1) is 5.92 Å². The third kappa shape index (κ3) is 2.96. The number of carboxylic acids is 1. The van der Waals surface area contributed by atoms with Crippen LogP contribution in [0.3, 0.4) is 0 Å². The van der Waals surface area contributed by atoms with Crippen molar-refractivity contribution in [1.29, 1.82) is 0 Å². The van der Waals surface area contributed by atoms with Gasteiger partial charge in [-0.2, -0.15) is 0 Å². The number of benzene rings is 1. The molecule has 0 amide bonds. The maximum atomic E-state index is 13.5. The number of hydrogen-bond acceptors (Lipinski definition) is 3. The molecule has 1 aromatic rings. The molecule has 0 saturated heterocycles. The van der Waals surface area contributed by atoms with Gasteiger partial charge in [0, 0.05) is 6.04 Å². The Morgan fingerprint density at radius 3 is 2.35 bits per heavy atom. The molecule has 8 heteroatoms.